The molecule has 1 atom stereocenters. The molecular formula is C9H10BrFO2. The summed E-state index contributed by atoms with van der Waals surface area (Å²) in [5.74, 6) is 0.621. The summed E-state index contributed by atoms with van der Waals surface area (Å²) in [5.41, 5.74) is 0. The van der Waals surface area contributed by atoms with E-state index in [1.54, 1.807) is 12.1 Å². The molecule has 0 unspecified atom stereocenters. The summed E-state index contributed by atoms with van der Waals surface area (Å²) >= 11 is 3.27. The van der Waals surface area contributed by atoms with Gasteiger partial charge in [0, 0.05) is 4.47 Å². The van der Waals surface area contributed by atoms with Crippen molar-refractivity contribution in [2.45, 2.75) is 6.10 Å². The molecule has 0 fully saturated rings. The minimum absolute atomic E-state index is 0.0157. The lowest BCUT2D eigenvalue weighted by molar-refractivity contribution is 0.0842. The van der Waals surface area contributed by atoms with Crippen molar-refractivity contribution in [2.75, 3.05) is 13.3 Å². The zero-order valence-electron chi connectivity index (χ0n) is 6.91. The maximum atomic E-state index is 11.8. The van der Waals surface area contributed by atoms with E-state index in [1.165, 1.54) is 0 Å². The van der Waals surface area contributed by atoms with Gasteiger partial charge in [-0.05, 0) is 24.3 Å². The highest BCUT2D eigenvalue weighted by molar-refractivity contribution is 9.10. The van der Waals surface area contributed by atoms with Crippen LogP contribution in [0.4, 0.5) is 4.39 Å². The maximum absolute atomic E-state index is 11.8. The quantitative estimate of drug-likeness (QED) is 0.884. The first kappa shape index (κ1) is 10.5. The lowest BCUT2D eigenvalue weighted by atomic mass is 10.3. The molecule has 0 heterocycles. The van der Waals surface area contributed by atoms with E-state index in [1.807, 2.05) is 12.1 Å². The lowest BCUT2D eigenvalue weighted by Gasteiger charge is -2.08. The fraction of sp³-hybridized carbons (Fsp3) is 0.333. The number of aliphatic hydroxyl groups is 1. The molecular weight excluding hydrogens is 238 g/mol. The van der Waals surface area contributed by atoms with Gasteiger partial charge in [-0.1, -0.05) is 15.9 Å². The Morgan fingerprint density at radius 2 is 2.00 bits per heavy atom. The van der Waals surface area contributed by atoms with Gasteiger partial charge >= 0.3 is 0 Å². The fourth-order valence-electron chi connectivity index (χ4n) is 0.768. The van der Waals surface area contributed by atoms with Crippen LogP contribution in [0.5, 0.6) is 5.75 Å². The molecule has 0 saturated carbocycles. The van der Waals surface area contributed by atoms with Crippen LogP contribution in [-0.2, 0) is 0 Å². The van der Waals surface area contributed by atoms with Crippen molar-refractivity contribution >= 4 is 15.9 Å². The summed E-state index contributed by atoms with van der Waals surface area (Å²) in [6, 6.07) is 7.12. The van der Waals surface area contributed by atoms with Crippen LogP contribution in [0.1, 0.15) is 0 Å². The average Bonchev–Trinajstić information content (AvgIpc) is 2.16. The molecule has 1 N–H and O–H groups in total. The van der Waals surface area contributed by atoms with E-state index in [0.717, 1.165) is 4.47 Å². The SMILES string of the molecule is O[C@H](C[18F])COc1ccc(Br)cc1. The zero-order valence-corrected chi connectivity index (χ0v) is 8.50. The number of rotatable bonds is 4. The lowest BCUT2D eigenvalue weighted by Crippen LogP contribution is -2.19. The summed E-state index contributed by atoms with van der Waals surface area (Å²) in [5, 5.41) is 8.86. The number of benzene rings is 1. The molecule has 0 bridgehead atoms. The maximum Gasteiger partial charge on any atom is 0.119 e. The van der Waals surface area contributed by atoms with Crippen LogP contribution in [0, 0.1) is 0 Å². The molecule has 0 spiro atoms. The first-order chi connectivity index (χ1) is 6.22. The Hall–Kier alpha value is -0.610. The van der Waals surface area contributed by atoms with Crippen LogP contribution in [-0.4, -0.2) is 24.5 Å². The Morgan fingerprint density at radius 3 is 2.54 bits per heavy atom. The van der Waals surface area contributed by atoms with E-state index in [0.29, 0.717) is 5.75 Å². The van der Waals surface area contributed by atoms with Gasteiger partial charge in [0.15, 0.2) is 0 Å². The molecule has 1 aromatic carbocycles. The van der Waals surface area contributed by atoms with Crippen LogP contribution >= 0.6 is 15.9 Å². The monoisotopic (exact) mass is 247 g/mol. The molecule has 2 nitrogen and oxygen atoms in total. The number of alkyl halides is 1. The minimum atomic E-state index is -1.04. The molecule has 0 radical (unpaired) electrons. The molecule has 0 saturated heterocycles. The van der Waals surface area contributed by atoms with Gasteiger partial charge in [0.25, 0.3) is 0 Å². The summed E-state index contributed by atoms with van der Waals surface area (Å²) in [4.78, 5) is 0. The minimum Gasteiger partial charge on any atom is -0.491 e. The van der Waals surface area contributed by atoms with E-state index in [2.05, 4.69) is 15.9 Å². The van der Waals surface area contributed by atoms with Crippen LogP contribution in [0.2, 0.25) is 0 Å². The largest absolute Gasteiger partial charge is 0.491 e. The Kier molecular flexibility index (Phi) is 4.18. The van der Waals surface area contributed by atoms with Crippen molar-refractivity contribution in [2.24, 2.45) is 0 Å². The predicted molar refractivity (Wildman–Crippen MR) is 51.6 cm³/mol. The Bertz CT molecular complexity index is 250. The normalized spacial score (nSPS) is 12.5. The molecule has 1 rings (SSSR count). The van der Waals surface area contributed by atoms with Crippen molar-refractivity contribution < 1.29 is 14.2 Å². The van der Waals surface area contributed by atoms with E-state index < -0.39 is 12.8 Å². The van der Waals surface area contributed by atoms with Crippen molar-refractivity contribution in [1.29, 1.82) is 0 Å². The molecule has 72 valence electrons. The number of ether oxygens (including phenoxy) is 1. The Labute approximate surface area is 84.5 Å². The average molecular weight is 248 g/mol. The third kappa shape index (κ3) is 3.74. The summed E-state index contributed by atoms with van der Waals surface area (Å²) < 4.78 is 17.9. The van der Waals surface area contributed by atoms with E-state index in [-0.39, 0.29) is 6.61 Å². The third-order valence-corrected chi connectivity index (χ3v) is 1.96. The highest BCUT2D eigenvalue weighted by Crippen LogP contribution is 2.16. The summed E-state index contributed by atoms with van der Waals surface area (Å²) in [6.45, 7) is -0.797. The van der Waals surface area contributed by atoms with E-state index in [9.17, 15) is 4.39 Å². The van der Waals surface area contributed by atoms with Crippen molar-refractivity contribution in [3.63, 3.8) is 0 Å². The Morgan fingerprint density at radius 1 is 1.38 bits per heavy atom. The number of aliphatic hydroxyl groups excluding tert-OH is 1. The van der Waals surface area contributed by atoms with Gasteiger partial charge in [0.1, 0.15) is 25.1 Å². The van der Waals surface area contributed by atoms with Crippen LogP contribution in [0.15, 0.2) is 28.7 Å². The number of hydrogen-bond acceptors (Lipinski definition) is 2. The topological polar surface area (TPSA) is 29.5 Å². The molecule has 1 aromatic rings. The second-order valence-electron chi connectivity index (χ2n) is 2.57. The summed E-state index contributed by atoms with van der Waals surface area (Å²) in [6.07, 6.45) is -1.04. The van der Waals surface area contributed by atoms with Crippen molar-refractivity contribution in [1.82, 2.24) is 0 Å². The highest BCUT2D eigenvalue weighted by atomic mass is 79.9. The van der Waals surface area contributed by atoms with Crippen LogP contribution in [0.3, 0.4) is 0 Å². The number of hydrogen-bond donors (Lipinski definition) is 1. The molecule has 0 aromatic heterocycles. The fourth-order valence-corrected chi connectivity index (χ4v) is 1.03. The van der Waals surface area contributed by atoms with Gasteiger partial charge in [-0.25, -0.2) is 4.39 Å². The summed E-state index contributed by atoms with van der Waals surface area (Å²) in [7, 11) is 0. The van der Waals surface area contributed by atoms with Gasteiger partial charge in [-0.3, -0.25) is 0 Å². The third-order valence-electron chi connectivity index (χ3n) is 1.43. The molecule has 0 aliphatic heterocycles. The molecule has 0 aliphatic rings. The van der Waals surface area contributed by atoms with Gasteiger partial charge in [0.05, 0.1) is 0 Å². The second-order valence-corrected chi connectivity index (χ2v) is 3.49. The highest BCUT2D eigenvalue weighted by Gasteiger charge is 2.03. The zero-order chi connectivity index (χ0) is 9.68. The molecule has 0 amide bonds. The second kappa shape index (κ2) is 5.19. The molecule has 0 aliphatic carbocycles. The molecule has 13 heavy (non-hydrogen) atoms. The van der Waals surface area contributed by atoms with Gasteiger partial charge in [-0.15, -0.1) is 0 Å². The molecule has 4 heteroatoms. The van der Waals surface area contributed by atoms with Crippen molar-refractivity contribution in [3.05, 3.63) is 28.7 Å². The van der Waals surface area contributed by atoms with Gasteiger partial charge < -0.3 is 9.84 Å². The number of halogens is 2. The van der Waals surface area contributed by atoms with Gasteiger partial charge in [-0.2, -0.15) is 0 Å². The van der Waals surface area contributed by atoms with E-state index >= 15 is 0 Å². The van der Waals surface area contributed by atoms with Crippen LogP contribution in [0.25, 0.3) is 0 Å². The van der Waals surface area contributed by atoms with Crippen molar-refractivity contribution in [3.8, 4) is 5.75 Å². The predicted octanol–water partition coefficient (Wildman–Crippen LogP) is 2.16. The van der Waals surface area contributed by atoms with Gasteiger partial charge in [0.2, 0.25) is 0 Å². The van der Waals surface area contributed by atoms with Crippen LogP contribution < -0.4 is 4.74 Å². The smallest absolute Gasteiger partial charge is 0.119 e. The first-order valence-electron chi connectivity index (χ1n) is 3.85. The standard InChI is InChI=1S/C9H10BrFO2/c10-7-1-3-9(4-2-7)13-6-8(12)5-11/h1-4,8,12H,5-6H2/t8-/m1/s1/i11-1. The Balaban J connectivity index is 2.41. The first-order valence-corrected chi connectivity index (χ1v) is 4.64. The van der Waals surface area contributed by atoms with E-state index in [4.69, 9.17) is 9.84 Å².